The van der Waals surface area contributed by atoms with Gasteiger partial charge in [-0.05, 0) is 148 Å². The van der Waals surface area contributed by atoms with Crippen LogP contribution in [0.5, 0.6) is 0 Å². The first kappa shape index (κ1) is 83.4. The Kier molecular flexibility index (Phi) is 29.9. The summed E-state index contributed by atoms with van der Waals surface area (Å²) in [5, 5.41) is 28.4. The van der Waals surface area contributed by atoms with E-state index in [4.69, 9.17) is 40.6 Å². The Labute approximate surface area is 616 Å². The minimum absolute atomic E-state index is 0. The molecule has 9 heterocycles. The molecule has 0 aliphatic heterocycles. The maximum atomic E-state index is 13.6. The van der Waals surface area contributed by atoms with E-state index in [1.807, 2.05) is 75.5 Å². The number of benzene rings is 3. The van der Waals surface area contributed by atoms with Crippen LogP contribution in [0.25, 0.3) is 94.5 Å². The molecule has 0 amide bonds. The SMILES string of the molecule is CC(C)(O)c1c(-c2ccc3nccn3c2)c(-c2ccc(F)cc2)nn1COCC[Si](C)(C)C.CCc1c(-c2ccc3nccn3c2)c(-c2ccc(F)cc2)nn1COCC[Si](C)(C)C.O=C=O.O=CC(F)(F)F.[Br-].[C-]#[N+]c1cnc2ccc(-c3c(C(=C)C)n[nH]c3-c3ccc(F)cc3)cn12.[CH3-].[Mg+2]. The number of nitrogens with zero attached hydrogens (tertiary/aromatic N) is 12. The van der Waals surface area contributed by atoms with Gasteiger partial charge < -0.3 is 52.6 Å². The molecule has 9 aromatic heterocycles. The van der Waals surface area contributed by atoms with Gasteiger partial charge in [0.1, 0.15) is 59.2 Å². The molecule has 0 saturated heterocycles. The Morgan fingerprint density at radius 2 is 1.07 bits per heavy atom. The van der Waals surface area contributed by atoms with Crippen LogP contribution in [0.1, 0.15) is 44.8 Å². The second-order valence-corrected chi connectivity index (χ2v) is 37.1. The van der Waals surface area contributed by atoms with E-state index in [1.165, 1.54) is 36.4 Å². The van der Waals surface area contributed by atoms with Gasteiger partial charge in [0.05, 0.1) is 29.5 Å². The number of H-pyrrole nitrogens is 1. The molecule has 12 aromatic rings. The second kappa shape index (κ2) is 36.6. The van der Waals surface area contributed by atoms with Crippen molar-refractivity contribution >= 4 is 80.0 Å². The molecule has 0 radical (unpaired) electrons. The van der Waals surface area contributed by atoms with Crippen molar-refractivity contribution in [3.8, 4) is 67.2 Å². The first-order valence-electron chi connectivity index (χ1n) is 31.3. The van der Waals surface area contributed by atoms with Crippen LogP contribution < -0.4 is 17.0 Å². The molecule has 102 heavy (non-hydrogen) atoms. The maximum absolute atomic E-state index is 13.6. The first-order valence-corrected chi connectivity index (χ1v) is 38.7. The molecule has 0 fully saturated rings. The van der Waals surface area contributed by atoms with E-state index in [-0.39, 0.29) is 77.8 Å². The van der Waals surface area contributed by atoms with E-state index >= 15 is 0 Å². The number of hydrogen-bond donors (Lipinski definition) is 2. The van der Waals surface area contributed by atoms with Gasteiger partial charge in [0.15, 0.2) is 0 Å². The Bertz CT molecular complexity index is 4830. The van der Waals surface area contributed by atoms with Crippen LogP contribution in [0, 0.1) is 31.5 Å². The van der Waals surface area contributed by atoms with Crippen LogP contribution in [0.15, 0.2) is 165 Å². The molecule has 29 heteroatoms. The fourth-order valence-corrected chi connectivity index (χ4v) is 12.0. The van der Waals surface area contributed by atoms with Crippen LogP contribution in [0.2, 0.25) is 51.4 Å². The summed E-state index contributed by atoms with van der Waals surface area (Å²) < 4.78 is 93.1. The fourth-order valence-electron chi connectivity index (χ4n) is 10.5. The molecule has 3 aromatic carbocycles. The molecular weight excluding hydrogens is 1430 g/mol. The summed E-state index contributed by atoms with van der Waals surface area (Å²) in [6.07, 6.45) is 10.1. The van der Waals surface area contributed by atoms with Crippen molar-refractivity contribution in [1.29, 1.82) is 0 Å². The van der Waals surface area contributed by atoms with Crippen LogP contribution in [0.4, 0.5) is 32.2 Å². The summed E-state index contributed by atoms with van der Waals surface area (Å²) in [5.74, 6) is -0.422. The van der Waals surface area contributed by atoms with Crippen molar-refractivity contribution in [2.75, 3.05) is 13.2 Å². The molecule has 19 nitrogen and oxygen atoms in total. The van der Waals surface area contributed by atoms with Gasteiger partial charge in [0.25, 0.3) is 5.82 Å². The van der Waals surface area contributed by atoms with Crippen molar-refractivity contribution in [3.05, 3.63) is 219 Å². The van der Waals surface area contributed by atoms with Gasteiger partial charge in [-0.1, -0.05) is 59.4 Å². The number of aliphatic hydroxyl groups is 1. The predicted molar refractivity (Wildman–Crippen MR) is 385 cm³/mol. The number of imidazole rings is 3. The number of nitrogens with one attached hydrogen (secondary N) is 1. The fraction of sp³-hybridized carbons (Fsp3) is 0.260. The van der Waals surface area contributed by atoms with Gasteiger partial charge in [-0.25, -0.2) is 41.9 Å². The number of aromatic amines is 1. The molecule has 12 rings (SSSR count). The quantitative estimate of drug-likeness (QED) is 0.0255. The topological polar surface area (TPSA) is 210 Å². The number of carbonyl (C=O) groups is 1. The largest absolute Gasteiger partial charge is 2.00 e. The zero-order valence-electron chi connectivity index (χ0n) is 58.5. The number of halogens is 7. The number of fused-ring (bicyclic) bond motifs is 3. The van der Waals surface area contributed by atoms with E-state index in [0.717, 1.165) is 115 Å². The first-order chi connectivity index (χ1) is 46.9. The molecular formula is C73H78BrF6MgN13O6Si2. The average Bonchev–Trinajstić information content (AvgIpc) is 1.61. The number of aromatic nitrogens is 12. The van der Waals surface area contributed by atoms with E-state index in [9.17, 15) is 31.4 Å². The minimum atomic E-state index is -4.64. The van der Waals surface area contributed by atoms with Crippen LogP contribution in [0.3, 0.4) is 0 Å². The molecule has 2 N–H and O–H groups in total. The third kappa shape index (κ3) is 21.9. The van der Waals surface area contributed by atoms with Crippen molar-refractivity contribution < 1.29 is 72.3 Å². The van der Waals surface area contributed by atoms with Crippen LogP contribution in [-0.4, -0.2) is 134 Å². The number of aldehydes is 1. The summed E-state index contributed by atoms with van der Waals surface area (Å²) in [7, 11) is -2.38. The Balaban J connectivity index is 0.000000257. The molecule has 0 atom stereocenters. The van der Waals surface area contributed by atoms with Crippen molar-refractivity contribution in [1.82, 2.24) is 57.9 Å². The molecule has 0 aliphatic rings. The average molecular weight is 1510 g/mol. The number of ether oxygens (including phenoxy) is 2. The summed E-state index contributed by atoms with van der Waals surface area (Å²) in [6.45, 7) is 34.8. The maximum Gasteiger partial charge on any atom is 2.00 e. The smallest absolute Gasteiger partial charge is 1.00 e. The van der Waals surface area contributed by atoms with E-state index in [2.05, 4.69) is 95.0 Å². The molecule has 0 saturated carbocycles. The predicted octanol–water partition coefficient (Wildman–Crippen LogP) is 13.8. The normalized spacial score (nSPS) is 11.2. The van der Waals surface area contributed by atoms with Gasteiger partial charge in [-0.3, -0.25) is 9.89 Å². The van der Waals surface area contributed by atoms with Crippen LogP contribution >= 0.6 is 0 Å². The Morgan fingerprint density at radius 3 is 1.50 bits per heavy atom. The number of allylic oxidation sites excluding steroid dienone is 1. The van der Waals surface area contributed by atoms with E-state index < -0.39 is 34.2 Å². The van der Waals surface area contributed by atoms with Gasteiger partial charge in [0.2, 0.25) is 11.9 Å². The van der Waals surface area contributed by atoms with Gasteiger partial charge in [-0.2, -0.15) is 38.1 Å². The number of rotatable bonds is 19. The zero-order valence-corrected chi connectivity index (χ0v) is 63.5. The molecule has 530 valence electrons. The number of pyridine rings is 3. The second-order valence-electron chi connectivity index (χ2n) is 25.8. The molecule has 0 bridgehead atoms. The monoisotopic (exact) mass is 1510 g/mol. The van der Waals surface area contributed by atoms with Crippen molar-refractivity contribution in [3.63, 3.8) is 0 Å². The van der Waals surface area contributed by atoms with E-state index in [0.29, 0.717) is 36.2 Å². The Hall–Kier alpha value is -9.22. The number of hydrogen-bond acceptors (Lipinski definition) is 12. The zero-order chi connectivity index (χ0) is 72.0. The van der Waals surface area contributed by atoms with Crippen molar-refractivity contribution in [2.45, 2.75) is 111 Å². The summed E-state index contributed by atoms with van der Waals surface area (Å²) in [5.41, 5.74) is 14.8. The minimum Gasteiger partial charge on any atom is -1.00 e. The molecule has 0 aliphatic carbocycles. The van der Waals surface area contributed by atoms with Crippen molar-refractivity contribution in [2.24, 2.45) is 0 Å². The summed E-state index contributed by atoms with van der Waals surface area (Å²) in [6, 6.07) is 32.9. The number of alkyl halides is 3. The summed E-state index contributed by atoms with van der Waals surface area (Å²) in [4.78, 5) is 41.3. The molecule has 0 unspecified atom stereocenters. The number of carbonyl (C=O) groups excluding carboxylic acids is 3. The van der Waals surface area contributed by atoms with Crippen LogP contribution in [-0.2, 0) is 49.3 Å². The molecule has 0 spiro atoms. The van der Waals surface area contributed by atoms with Gasteiger partial charge >= 0.3 is 35.4 Å². The Morgan fingerprint density at radius 1 is 0.657 bits per heavy atom. The van der Waals surface area contributed by atoms with E-state index in [1.54, 1.807) is 77.9 Å². The summed E-state index contributed by atoms with van der Waals surface area (Å²) >= 11 is 0. The third-order valence-corrected chi connectivity index (χ3v) is 18.7. The third-order valence-electron chi connectivity index (χ3n) is 15.3. The standard InChI is InChI=1S/C25H31FN4O2Si.C24H29FN4OSi.C20H14FN5.C2HF3O.CO2.CH3.BrH.Mg/c1-25(2,31)24-22(19-8-11-21-27-12-13-29(21)16-19)23(18-6-9-20(26)10-7-18)28-30(24)17-32-14-15-33(3,4)5;1-5-21-23(19-8-11-22-26-12-13-28(22)16-19)24(18-6-9-20(25)10-7-18)27-29(21)17-30-14-15-31(2,3)4;1-12(2)19-18(20(25-24-19)13-4-7-15(21)8-5-13)14-6-9-16-23-10-17(22-3)26(16)11-14;3-2(4,5)1-6;2-1-3;;;/h6-13,16,31H,14-15,17H2,1-5H3;6-13,16H,5,14-15,17H2,1-4H3;4-11H,1H2,2H3,(H,24,25);1H;;1H3;1H;/q;;;;;-1;;+2/p-1. The van der Waals surface area contributed by atoms with Gasteiger partial charge in [0, 0.05) is 128 Å². The van der Waals surface area contributed by atoms with Gasteiger partial charge in [-0.15, -0.1) is 0 Å².